The van der Waals surface area contributed by atoms with Crippen LogP contribution in [-0.4, -0.2) is 41.4 Å². The monoisotopic (exact) mass is 398 g/mol. The summed E-state index contributed by atoms with van der Waals surface area (Å²) in [6.45, 7) is 4.19. The normalized spacial score (nSPS) is 18.4. The quantitative estimate of drug-likeness (QED) is 0.836. The van der Waals surface area contributed by atoms with Gasteiger partial charge in [-0.3, -0.25) is 10.1 Å². The molecule has 1 aliphatic rings. The molecule has 1 saturated heterocycles. The first-order chi connectivity index (χ1) is 12.3. The maximum atomic E-state index is 13.1. The fraction of sp³-hybridized carbons (Fsp3) is 0.438. The first-order valence-electron chi connectivity index (χ1n) is 8.20. The molecule has 0 radical (unpaired) electrons. The first kappa shape index (κ1) is 18.9. The van der Waals surface area contributed by atoms with E-state index in [0.717, 1.165) is 17.1 Å². The zero-order chi connectivity index (χ0) is 18.9. The van der Waals surface area contributed by atoms with E-state index in [1.165, 1.54) is 27.8 Å². The molecule has 1 amide bonds. The van der Waals surface area contributed by atoms with Gasteiger partial charge in [0.25, 0.3) is 0 Å². The number of amides is 1. The van der Waals surface area contributed by atoms with E-state index in [0.29, 0.717) is 18.0 Å². The number of nitrogens with zero attached hydrogens (tertiary/aromatic N) is 3. The van der Waals surface area contributed by atoms with Crippen molar-refractivity contribution in [3.63, 3.8) is 0 Å². The molecule has 0 aliphatic carbocycles. The van der Waals surface area contributed by atoms with Crippen LogP contribution >= 0.6 is 11.3 Å². The molecule has 1 aromatic heterocycles. The lowest BCUT2D eigenvalue weighted by Gasteiger charge is -2.22. The van der Waals surface area contributed by atoms with E-state index >= 15 is 0 Å². The first-order valence-corrected chi connectivity index (χ1v) is 10.5. The molecule has 1 aromatic carbocycles. The third kappa shape index (κ3) is 3.76. The Bertz CT molecular complexity index is 896. The van der Waals surface area contributed by atoms with Gasteiger partial charge in [0, 0.05) is 12.5 Å². The van der Waals surface area contributed by atoms with Crippen LogP contribution in [0.25, 0.3) is 0 Å². The number of hydrogen-bond donors (Lipinski definition) is 1. The van der Waals surface area contributed by atoms with Gasteiger partial charge in [-0.15, -0.1) is 10.2 Å². The van der Waals surface area contributed by atoms with Crippen LogP contribution in [0.4, 0.5) is 9.52 Å². The number of halogens is 1. The van der Waals surface area contributed by atoms with Gasteiger partial charge in [-0.2, -0.15) is 4.31 Å². The molecule has 1 atom stereocenters. The molecule has 26 heavy (non-hydrogen) atoms. The number of aromatic nitrogens is 2. The van der Waals surface area contributed by atoms with Crippen molar-refractivity contribution in [2.45, 2.75) is 43.5 Å². The fourth-order valence-corrected chi connectivity index (χ4v) is 5.14. The number of hydrogen-bond acceptors (Lipinski definition) is 6. The van der Waals surface area contributed by atoms with E-state index in [1.54, 1.807) is 0 Å². The van der Waals surface area contributed by atoms with Crippen molar-refractivity contribution >= 4 is 32.4 Å². The standard InChI is InChI=1S/C16H19FN4O3S2/c1-10(2)15-19-20-16(25-15)18-14(22)13-4-3-9-21(13)26(23,24)12-7-5-11(17)6-8-12/h5-8,10,13H,3-4,9H2,1-2H3,(H,18,20,22)/t13-/m0/s1. The highest BCUT2D eigenvalue weighted by atomic mass is 32.2. The molecule has 3 rings (SSSR count). The van der Waals surface area contributed by atoms with Gasteiger partial charge in [0.2, 0.25) is 21.1 Å². The summed E-state index contributed by atoms with van der Waals surface area (Å²) in [5.74, 6) is -0.753. The van der Waals surface area contributed by atoms with Crippen LogP contribution in [0.5, 0.6) is 0 Å². The number of carbonyl (C=O) groups excluding carboxylic acids is 1. The minimum atomic E-state index is -3.88. The Labute approximate surface area is 155 Å². The van der Waals surface area contributed by atoms with Gasteiger partial charge in [-0.1, -0.05) is 25.2 Å². The molecule has 1 N–H and O–H groups in total. The Balaban J connectivity index is 1.78. The molecule has 0 spiro atoms. The lowest BCUT2D eigenvalue weighted by molar-refractivity contribution is -0.119. The summed E-state index contributed by atoms with van der Waals surface area (Å²) >= 11 is 1.27. The van der Waals surface area contributed by atoms with Gasteiger partial charge in [0.1, 0.15) is 16.9 Å². The van der Waals surface area contributed by atoms with Crippen LogP contribution in [0.2, 0.25) is 0 Å². The maximum Gasteiger partial charge on any atom is 0.244 e. The van der Waals surface area contributed by atoms with Crippen molar-refractivity contribution in [3.8, 4) is 0 Å². The average Bonchev–Trinajstić information content (AvgIpc) is 3.24. The fourth-order valence-electron chi connectivity index (χ4n) is 2.74. The topological polar surface area (TPSA) is 92.3 Å². The summed E-state index contributed by atoms with van der Waals surface area (Å²) in [5.41, 5.74) is 0. The van der Waals surface area contributed by atoms with Crippen molar-refractivity contribution in [2.75, 3.05) is 11.9 Å². The van der Waals surface area contributed by atoms with Gasteiger partial charge in [-0.05, 0) is 37.1 Å². The van der Waals surface area contributed by atoms with Gasteiger partial charge in [0.15, 0.2) is 0 Å². The van der Waals surface area contributed by atoms with Crippen LogP contribution in [0.1, 0.15) is 37.6 Å². The molecule has 0 saturated carbocycles. The molecule has 140 valence electrons. The van der Waals surface area contributed by atoms with Crippen molar-refractivity contribution in [2.24, 2.45) is 0 Å². The molecule has 0 bridgehead atoms. The smallest absolute Gasteiger partial charge is 0.244 e. The Morgan fingerprint density at radius 3 is 2.62 bits per heavy atom. The van der Waals surface area contributed by atoms with Gasteiger partial charge < -0.3 is 0 Å². The average molecular weight is 398 g/mol. The van der Waals surface area contributed by atoms with Crippen molar-refractivity contribution in [1.29, 1.82) is 0 Å². The van der Waals surface area contributed by atoms with Gasteiger partial charge >= 0.3 is 0 Å². The van der Waals surface area contributed by atoms with Crippen molar-refractivity contribution < 1.29 is 17.6 Å². The highest BCUT2D eigenvalue weighted by molar-refractivity contribution is 7.89. The van der Waals surface area contributed by atoms with Crippen LogP contribution in [0.3, 0.4) is 0 Å². The minimum Gasteiger partial charge on any atom is -0.299 e. The molecular formula is C16H19FN4O3S2. The van der Waals surface area contributed by atoms with E-state index in [1.807, 2.05) is 13.8 Å². The Morgan fingerprint density at radius 2 is 2.00 bits per heavy atom. The molecule has 7 nitrogen and oxygen atoms in total. The molecule has 2 aromatic rings. The third-order valence-electron chi connectivity index (χ3n) is 4.09. The molecule has 1 fully saturated rings. The Morgan fingerprint density at radius 1 is 1.31 bits per heavy atom. The Hall–Kier alpha value is -1.91. The predicted molar refractivity (Wildman–Crippen MR) is 95.9 cm³/mol. The van der Waals surface area contributed by atoms with Crippen LogP contribution in [0.15, 0.2) is 29.2 Å². The van der Waals surface area contributed by atoms with Crippen LogP contribution in [-0.2, 0) is 14.8 Å². The largest absolute Gasteiger partial charge is 0.299 e. The summed E-state index contributed by atoms with van der Waals surface area (Å²) in [5, 5.41) is 11.7. The predicted octanol–water partition coefficient (Wildman–Crippen LogP) is 2.59. The summed E-state index contributed by atoms with van der Waals surface area (Å²) in [6.07, 6.45) is 0.994. The van der Waals surface area contributed by atoms with E-state index < -0.39 is 27.8 Å². The zero-order valence-electron chi connectivity index (χ0n) is 14.3. The second-order valence-electron chi connectivity index (χ2n) is 6.32. The molecule has 10 heteroatoms. The van der Waals surface area contributed by atoms with E-state index in [2.05, 4.69) is 15.5 Å². The number of nitrogens with one attached hydrogen (secondary N) is 1. The molecule has 1 aliphatic heterocycles. The minimum absolute atomic E-state index is 0.0309. The van der Waals surface area contributed by atoms with Crippen LogP contribution in [0, 0.1) is 5.82 Å². The number of benzene rings is 1. The second kappa shape index (κ2) is 7.37. The van der Waals surface area contributed by atoms with E-state index in [-0.39, 0.29) is 17.4 Å². The SMILES string of the molecule is CC(C)c1nnc(NC(=O)[C@@H]2CCCN2S(=O)(=O)c2ccc(F)cc2)s1. The van der Waals surface area contributed by atoms with Crippen molar-refractivity contribution in [3.05, 3.63) is 35.1 Å². The summed E-state index contributed by atoms with van der Waals surface area (Å²) in [4.78, 5) is 12.6. The summed E-state index contributed by atoms with van der Waals surface area (Å²) in [7, 11) is -3.88. The number of anilines is 1. The molecule has 2 heterocycles. The van der Waals surface area contributed by atoms with Crippen molar-refractivity contribution in [1.82, 2.24) is 14.5 Å². The third-order valence-corrected chi connectivity index (χ3v) is 7.15. The lowest BCUT2D eigenvalue weighted by atomic mass is 10.2. The zero-order valence-corrected chi connectivity index (χ0v) is 16.0. The summed E-state index contributed by atoms with van der Waals surface area (Å²) in [6, 6.07) is 3.77. The van der Waals surface area contributed by atoms with Gasteiger partial charge in [0.05, 0.1) is 4.90 Å². The number of rotatable bonds is 5. The number of sulfonamides is 1. The highest BCUT2D eigenvalue weighted by Crippen LogP contribution is 2.28. The Kier molecular flexibility index (Phi) is 5.35. The molecular weight excluding hydrogens is 379 g/mol. The van der Waals surface area contributed by atoms with Gasteiger partial charge in [-0.25, -0.2) is 12.8 Å². The lowest BCUT2D eigenvalue weighted by Crippen LogP contribution is -2.43. The second-order valence-corrected chi connectivity index (χ2v) is 9.22. The van der Waals surface area contributed by atoms with Crippen LogP contribution < -0.4 is 5.32 Å². The maximum absolute atomic E-state index is 13.1. The van der Waals surface area contributed by atoms with E-state index in [9.17, 15) is 17.6 Å². The highest BCUT2D eigenvalue weighted by Gasteiger charge is 2.39. The summed E-state index contributed by atoms with van der Waals surface area (Å²) < 4.78 is 39.8. The number of carbonyl (C=O) groups is 1. The van der Waals surface area contributed by atoms with E-state index in [4.69, 9.17) is 0 Å². The molecule has 0 unspecified atom stereocenters.